The third-order valence-corrected chi connectivity index (χ3v) is 3.23. The van der Waals surface area contributed by atoms with Crippen molar-refractivity contribution in [3.05, 3.63) is 17.4 Å². The van der Waals surface area contributed by atoms with Crippen LogP contribution in [0.5, 0.6) is 0 Å². The van der Waals surface area contributed by atoms with Gasteiger partial charge in [0.05, 0.1) is 11.9 Å². The van der Waals surface area contributed by atoms with E-state index < -0.39 is 0 Å². The molecule has 1 aromatic rings. The van der Waals surface area contributed by atoms with Crippen LogP contribution < -0.4 is 5.32 Å². The Labute approximate surface area is 115 Å². The van der Waals surface area contributed by atoms with E-state index >= 15 is 0 Å². The minimum absolute atomic E-state index is 0.417. The molecule has 18 heavy (non-hydrogen) atoms. The maximum Gasteiger partial charge on any atom is 0.153 e. The Morgan fingerprint density at radius 1 is 1.39 bits per heavy atom. The molecule has 0 aliphatic rings. The Balaban J connectivity index is 2.27. The van der Waals surface area contributed by atoms with Crippen molar-refractivity contribution in [1.82, 2.24) is 15.1 Å². The van der Waals surface area contributed by atoms with Crippen molar-refractivity contribution < 1.29 is 0 Å². The molecule has 5 heteroatoms. The normalized spacial score (nSPS) is 12.7. The van der Waals surface area contributed by atoms with Gasteiger partial charge >= 0.3 is 0 Å². The van der Waals surface area contributed by atoms with Gasteiger partial charge in [-0.15, -0.1) is 5.10 Å². The minimum atomic E-state index is 0.417. The zero-order chi connectivity index (χ0) is 13.4. The molecule has 0 fully saturated rings. The fraction of sp³-hybridized carbons (Fsp3) is 0.692. The van der Waals surface area contributed by atoms with Crippen LogP contribution in [0.3, 0.4) is 0 Å². The van der Waals surface area contributed by atoms with Crippen molar-refractivity contribution in [1.29, 1.82) is 0 Å². The van der Waals surface area contributed by atoms with Crippen LogP contribution in [0.25, 0.3) is 0 Å². The molecule has 0 aromatic carbocycles. The van der Waals surface area contributed by atoms with Crippen molar-refractivity contribution in [3.63, 3.8) is 0 Å². The van der Waals surface area contributed by atoms with E-state index in [2.05, 4.69) is 41.2 Å². The molecule has 4 nitrogen and oxygen atoms in total. The number of anilines is 1. The zero-order valence-electron chi connectivity index (χ0n) is 11.5. The van der Waals surface area contributed by atoms with Crippen molar-refractivity contribution in [3.8, 4) is 0 Å². The summed E-state index contributed by atoms with van der Waals surface area (Å²) < 4.78 is 0. The third kappa shape index (κ3) is 5.65. The summed E-state index contributed by atoms with van der Waals surface area (Å²) in [6, 6.07) is 2.22. The molecular weight excluding hydrogens is 248 g/mol. The fourth-order valence-corrected chi connectivity index (χ4v) is 2.10. The summed E-state index contributed by atoms with van der Waals surface area (Å²) in [5, 5.41) is 11.4. The second-order valence-electron chi connectivity index (χ2n) is 4.48. The highest BCUT2D eigenvalue weighted by molar-refractivity contribution is 6.29. The summed E-state index contributed by atoms with van der Waals surface area (Å²) in [6.07, 6.45) is 4.03. The quantitative estimate of drug-likeness (QED) is 0.788. The fourth-order valence-electron chi connectivity index (χ4n) is 1.94. The smallest absolute Gasteiger partial charge is 0.153 e. The van der Waals surface area contributed by atoms with Gasteiger partial charge in [0.25, 0.3) is 0 Å². The monoisotopic (exact) mass is 270 g/mol. The molecule has 1 N–H and O–H groups in total. The van der Waals surface area contributed by atoms with Crippen LogP contribution >= 0.6 is 11.6 Å². The predicted molar refractivity (Wildman–Crippen MR) is 77.1 cm³/mol. The van der Waals surface area contributed by atoms with Crippen LogP contribution in [0.2, 0.25) is 5.15 Å². The minimum Gasteiger partial charge on any atom is -0.381 e. The number of nitrogens with one attached hydrogen (secondary N) is 1. The van der Waals surface area contributed by atoms with Gasteiger partial charge in [0, 0.05) is 12.1 Å². The molecule has 0 amide bonds. The van der Waals surface area contributed by atoms with Crippen LogP contribution in [-0.2, 0) is 0 Å². The molecule has 0 saturated heterocycles. The lowest BCUT2D eigenvalue weighted by Crippen LogP contribution is -2.25. The first kappa shape index (κ1) is 15.2. The van der Waals surface area contributed by atoms with E-state index in [9.17, 15) is 0 Å². The van der Waals surface area contributed by atoms with Crippen LogP contribution in [0.15, 0.2) is 12.3 Å². The van der Waals surface area contributed by atoms with E-state index in [1.807, 2.05) is 0 Å². The molecular formula is C13H23ClN4. The summed E-state index contributed by atoms with van der Waals surface area (Å²) in [4.78, 5) is 2.44. The van der Waals surface area contributed by atoms with Gasteiger partial charge in [-0.25, -0.2) is 0 Å². The van der Waals surface area contributed by atoms with Gasteiger partial charge in [-0.05, 0) is 39.4 Å². The maximum atomic E-state index is 5.79. The van der Waals surface area contributed by atoms with Gasteiger partial charge in [-0.2, -0.15) is 5.10 Å². The van der Waals surface area contributed by atoms with E-state index in [1.165, 1.54) is 6.42 Å². The first-order valence-corrected chi connectivity index (χ1v) is 7.00. The van der Waals surface area contributed by atoms with Gasteiger partial charge in [-0.1, -0.05) is 25.4 Å². The predicted octanol–water partition coefficient (Wildman–Crippen LogP) is 3.05. The Hall–Kier alpha value is -0.870. The van der Waals surface area contributed by atoms with Gasteiger partial charge in [0.15, 0.2) is 5.15 Å². The van der Waals surface area contributed by atoms with Crippen LogP contribution in [0, 0.1) is 0 Å². The van der Waals surface area contributed by atoms with Crippen LogP contribution in [0.4, 0.5) is 5.69 Å². The standard InChI is InChI=1S/C13H23ClN4/c1-4-18(5-2)8-6-7-11(3)16-12-9-13(14)17-15-10-12/h9-11H,4-8H2,1-3H3,(H,16,17). The first-order valence-electron chi connectivity index (χ1n) is 6.62. The number of hydrogen-bond donors (Lipinski definition) is 1. The van der Waals surface area contributed by atoms with Crippen LogP contribution in [-0.4, -0.2) is 40.8 Å². The van der Waals surface area contributed by atoms with Crippen molar-refractivity contribution >= 4 is 17.3 Å². The van der Waals surface area contributed by atoms with E-state index in [-0.39, 0.29) is 0 Å². The van der Waals surface area contributed by atoms with Gasteiger partial charge in [-0.3, -0.25) is 0 Å². The summed E-state index contributed by atoms with van der Waals surface area (Å²) in [5.41, 5.74) is 0.935. The number of hydrogen-bond acceptors (Lipinski definition) is 4. The molecule has 1 unspecified atom stereocenters. The number of nitrogens with zero attached hydrogens (tertiary/aromatic N) is 3. The van der Waals surface area contributed by atoms with Crippen molar-refractivity contribution in [2.75, 3.05) is 25.0 Å². The Bertz CT molecular complexity index is 342. The molecule has 1 rings (SSSR count). The van der Waals surface area contributed by atoms with Gasteiger partial charge < -0.3 is 10.2 Å². The SMILES string of the molecule is CCN(CC)CCCC(C)Nc1cnnc(Cl)c1. The highest BCUT2D eigenvalue weighted by Crippen LogP contribution is 2.13. The van der Waals surface area contributed by atoms with Crippen molar-refractivity contribution in [2.24, 2.45) is 0 Å². The van der Waals surface area contributed by atoms with E-state index in [0.717, 1.165) is 31.7 Å². The number of rotatable bonds is 8. The lowest BCUT2D eigenvalue weighted by molar-refractivity contribution is 0.295. The summed E-state index contributed by atoms with van der Waals surface area (Å²) >= 11 is 5.79. The third-order valence-electron chi connectivity index (χ3n) is 3.04. The molecule has 0 spiro atoms. The summed E-state index contributed by atoms with van der Waals surface area (Å²) in [6.45, 7) is 10.0. The Kier molecular flexibility index (Phi) is 6.98. The highest BCUT2D eigenvalue weighted by atomic mass is 35.5. The van der Waals surface area contributed by atoms with E-state index in [4.69, 9.17) is 11.6 Å². The highest BCUT2D eigenvalue weighted by Gasteiger charge is 2.05. The van der Waals surface area contributed by atoms with Crippen molar-refractivity contribution in [2.45, 2.75) is 39.7 Å². The second kappa shape index (κ2) is 8.27. The molecule has 1 aromatic heterocycles. The number of halogens is 1. The lowest BCUT2D eigenvalue weighted by atomic mass is 10.1. The van der Waals surface area contributed by atoms with E-state index in [0.29, 0.717) is 11.2 Å². The Morgan fingerprint density at radius 3 is 2.72 bits per heavy atom. The topological polar surface area (TPSA) is 41.0 Å². The molecule has 1 atom stereocenters. The second-order valence-corrected chi connectivity index (χ2v) is 4.87. The molecule has 102 valence electrons. The first-order chi connectivity index (χ1) is 8.65. The largest absolute Gasteiger partial charge is 0.381 e. The zero-order valence-corrected chi connectivity index (χ0v) is 12.2. The van der Waals surface area contributed by atoms with Gasteiger partial charge in [0.2, 0.25) is 0 Å². The molecule has 0 radical (unpaired) electrons. The number of aromatic nitrogens is 2. The lowest BCUT2D eigenvalue weighted by Gasteiger charge is -2.20. The summed E-state index contributed by atoms with van der Waals surface area (Å²) in [5.74, 6) is 0. The molecule has 0 bridgehead atoms. The molecule has 0 saturated carbocycles. The maximum absolute atomic E-state index is 5.79. The summed E-state index contributed by atoms with van der Waals surface area (Å²) in [7, 11) is 0. The van der Waals surface area contributed by atoms with Crippen LogP contribution in [0.1, 0.15) is 33.6 Å². The van der Waals surface area contributed by atoms with E-state index in [1.54, 1.807) is 12.3 Å². The average Bonchev–Trinajstić information content (AvgIpc) is 2.34. The molecule has 0 aliphatic heterocycles. The molecule has 0 aliphatic carbocycles. The average molecular weight is 271 g/mol. The molecule has 1 heterocycles. The Morgan fingerprint density at radius 2 is 2.11 bits per heavy atom. The van der Waals surface area contributed by atoms with Gasteiger partial charge in [0.1, 0.15) is 0 Å².